The molecule has 4 amide bonds. The van der Waals surface area contributed by atoms with E-state index >= 15 is 0 Å². The summed E-state index contributed by atoms with van der Waals surface area (Å²) in [5.41, 5.74) is 13.0. The molecular weight excluding hydrogens is 885 g/mol. The molecule has 16 nitrogen and oxygen atoms in total. The van der Waals surface area contributed by atoms with Crippen LogP contribution in [0.4, 0.5) is 0 Å². The summed E-state index contributed by atoms with van der Waals surface area (Å²) in [6.07, 6.45) is 2.89. The molecule has 390 valence electrons. The fourth-order valence-electron chi connectivity index (χ4n) is 12.0. The van der Waals surface area contributed by atoms with E-state index in [0.29, 0.717) is 39.4 Å². The fraction of sp³-hybridized carbons (Fsp3) is 0.704. The van der Waals surface area contributed by atoms with Crippen LogP contribution < -0.4 is 32.7 Å². The Hall–Kier alpha value is -4.00. The molecule has 4 aliphatic heterocycles. The van der Waals surface area contributed by atoms with Crippen molar-refractivity contribution in [1.82, 2.24) is 40.9 Å². The van der Waals surface area contributed by atoms with Gasteiger partial charge in [0.05, 0.1) is 36.5 Å². The van der Waals surface area contributed by atoms with Gasteiger partial charge in [-0.15, -0.1) is 0 Å². The van der Waals surface area contributed by atoms with Crippen molar-refractivity contribution in [2.24, 2.45) is 34.1 Å². The second-order valence-corrected chi connectivity index (χ2v) is 22.5. The van der Waals surface area contributed by atoms with Crippen LogP contribution in [-0.4, -0.2) is 171 Å². The SMILES string of the molecule is CN[C@@H](N)C(=O)N[C@H](C(=O)N1CC[C@@]2(C)C[C@@H](OCCO[C@H]3CN(CCc4ccccc4)C[C@@]4(C)N(C(=O)[C@@H](NC(=O)[C@H](N)NC)C(C)C)CC[C@@]4(C)C3)CN(CCc3ccccc3)C[C@@]12C)C(C)C. The highest BCUT2D eigenvalue weighted by molar-refractivity contribution is 5.91. The van der Waals surface area contributed by atoms with Crippen LogP contribution in [-0.2, 0) is 41.5 Å². The third-order valence-electron chi connectivity index (χ3n) is 17.0. The number of ether oxygens (including phenoxy) is 2. The van der Waals surface area contributed by atoms with Gasteiger partial charge in [0.15, 0.2) is 0 Å². The van der Waals surface area contributed by atoms with E-state index in [1.165, 1.54) is 11.1 Å². The lowest BCUT2D eigenvalue weighted by Gasteiger charge is -2.47. The van der Waals surface area contributed by atoms with Crippen LogP contribution in [0.3, 0.4) is 0 Å². The molecule has 70 heavy (non-hydrogen) atoms. The highest BCUT2D eigenvalue weighted by atomic mass is 16.5. The summed E-state index contributed by atoms with van der Waals surface area (Å²) in [5.74, 6) is -1.22. The lowest BCUT2D eigenvalue weighted by atomic mass is 9.69. The largest absolute Gasteiger partial charge is 0.374 e. The number of carbonyl (C=O) groups is 4. The van der Waals surface area contributed by atoms with Gasteiger partial charge in [-0.3, -0.25) is 39.6 Å². The number of rotatable bonds is 21. The van der Waals surface area contributed by atoms with Gasteiger partial charge in [0.1, 0.15) is 24.4 Å². The molecule has 4 fully saturated rings. The molecular formula is C54H88N10O6. The van der Waals surface area contributed by atoms with Gasteiger partial charge in [-0.25, -0.2) is 0 Å². The fourth-order valence-corrected chi connectivity index (χ4v) is 12.0. The maximum absolute atomic E-state index is 14.7. The summed E-state index contributed by atoms with van der Waals surface area (Å²) in [6, 6.07) is 19.6. The number of likely N-dealkylation sites (tertiary alicyclic amines) is 4. The average molecular weight is 973 g/mol. The number of amides is 4. The number of fused-ring (bicyclic) bond motifs is 2. The summed E-state index contributed by atoms with van der Waals surface area (Å²) in [4.78, 5) is 64.4. The number of nitrogens with two attached hydrogens (primary N) is 2. The number of nitrogens with zero attached hydrogens (tertiary/aromatic N) is 4. The maximum atomic E-state index is 14.7. The summed E-state index contributed by atoms with van der Waals surface area (Å²) in [7, 11) is 3.26. The molecule has 0 radical (unpaired) electrons. The number of benzene rings is 2. The standard InChI is InChI=1S/C54H88N10O6/c1-37(2)43(59-47(65)45(55)57-9)49(67)63-27-23-51(5)31-41(33-61(35-53(51,63)7)25-21-39-17-13-11-14-18-39)69-29-30-70-42-32-52(6)24-28-64(50(68)44(38(3)4)60-48(66)46(56)58-10)54(52,8)36-62(34-42)26-22-40-19-15-12-16-20-40/h11-20,37-38,41-46,57-58H,21-36,55-56H2,1-10H3,(H,59,65)(H,60,66)/t41-,42-,43+,44+,45-,46-,51+,52+,53-,54-/m1/s1. The zero-order chi connectivity index (χ0) is 51.0. The predicted octanol–water partition coefficient (Wildman–Crippen LogP) is 2.94. The molecule has 0 saturated carbocycles. The normalized spacial score (nSPS) is 29.2. The Morgan fingerprint density at radius 2 is 0.971 bits per heavy atom. The van der Waals surface area contributed by atoms with Crippen molar-refractivity contribution in [3.05, 3.63) is 71.8 Å². The first-order chi connectivity index (χ1) is 33.2. The number of hydrogen-bond acceptors (Lipinski definition) is 12. The Bertz CT molecular complexity index is 1910. The monoisotopic (exact) mass is 973 g/mol. The molecule has 6 rings (SSSR count). The molecule has 8 N–H and O–H groups in total. The Morgan fingerprint density at radius 1 is 0.614 bits per heavy atom. The van der Waals surface area contributed by atoms with E-state index in [2.05, 4.69) is 107 Å². The van der Waals surface area contributed by atoms with E-state index < -0.39 is 47.3 Å². The van der Waals surface area contributed by atoms with Gasteiger partial charge in [-0.05, 0) is 100 Å². The number of carbonyl (C=O) groups excluding carboxylic acids is 4. The first-order valence-electron chi connectivity index (χ1n) is 26.0. The minimum absolute atomic E-state index is 0.0739. The van der Waals surface area contributed by atoms with E-state index in [9.17, 15) is 19.2 Å². The Morgan fingerprint density at radius 3 is 1.30 bits per heavy atom. The molecule has 16 heteroatoms. The van der Waals surface area contributed by atoms with Crippen molar-refractivity contribution in [2.45, 2.75) is 142 Å². The number of likely N-dealkylation sites (N-methyl/N-ethyl adjacent to an activating group) is 2. The van der Waals surface area contributed by atoms with Crippen LogP contribution >= 0.6 is 0 Å². The van der Waals surface area contributed by atoms with Gasteiger partial charge in [-0.1, -0.05) is 102 Å². The van der Waals surface area contributed by atoms with Crippen LogP contribution in [0.25, 0.3) is 0 Å². The van der Waals surface area contributed by atoms with E-state index in [4.69, 9.17) is 20.9 Å². The highest BCUT2D eigenvalue weighted by Gasteiger charge is 2.60. The van der Waals surface area contributed by atoms with Crippen LogP contribution in [0.2, 0.25) is 0 Å². The predicted molar refractivity (Wildman–Crippen MR) is 275 cm³/mol. The van der Waals surface area contributed by atoms with Gasteiger partial charge in [0, 0.05) is 52.4 Å². The van der Waals surface area contributed by atoms with Gasteiger partial charge in [-0.2, -0.15) is 0 Å². The molecule has 0 aliphatic carbocycles. The van der Waals surface area contributed by atoms with Gasteiger partial charge < -0.3 is 41.4 Å². The minimum atomic E-state index is -0.914. The van der Waals surface area contributed by atoms with Gasteiger partial charge >= 0.3 is 0 Å². The van der Waals surface area contributed by atoms with E-state index in [1.807, 2.05) is 49.6 Å². The van der Waals surface area contributed by atoms with Crippen molar-refractivity contribution < 1.29 is 28.7 Å². The molecule has 2 aromatic rings. The molecule has 0 spiro atoms. The maximum Gasteiger partial charge on any atom is 0.252 e. The van der Waals surface area contributed by atoms with Crippen molar-refractivity contribution >= 4 is 23.6 Å². The zero-order valence-corrected chi connectivity index (χ0v) is 44.1. The van der Waals surface area contributed by atoms with Gasteiger partial charge in [0.2, 0.25) is 11.8 Å². The lowest BCUT2D eigenvalue weighted by molar-refractivity contribution is -0.144. The zero-order valence-electron chi connectivity index (χ0n) is 44.1. The molecule has 2 aromatic carbocycles. The number of hydrogen-bond donors (Lipinski definition) is 6. The van der Waals surface area contributed by atoms with Crippen molar-refractivity contribution in [3.8, 4) is 0 Å². The van der Waals surface area contributed by atoms with E-state index in [-0.39, 0.29) is 46.7 Å². The first-order valence-corrected chi connectivity index (χ1v) is 26.0. The minimum Gasteiger partial charge on any atom is -0.374 e. The lowest BCUT2D eigenvalue weighted by Crippen LogP contribution is -2.63. The quantitative estimate of drug-likeness (QED) is 0.0792. The van der Waals surface area contributed by atoms with Crippen molar-refractivity contribution in [3.63, 3.8) is 0 Å². The molecule has 4 saturated heterocycles. The molecule has 0 unspecified atom stereocenters. The Kier molecular flexibility index (Phi) is 18.7. The molecule has 0 bridgehead atoms. The average Bonchev–Trinajstić information content (AvgIpc) is 3.64. The first kappa shape index (κ1) is 55.3. The van der Waals surface area contributed by atoms with Crippen LogP contribution in [0.1, 0.15) is 92.2 Å². The Balaban J connectivity index is 1.18. The summed E-state index contributed by atoms with van der Waals surface area (Å²) < 4.78 is 13.8. The third-order valence-corrected chi connectivity index (χ3v) is 17.0. The van der Waals surface area contributed by atoms with Crippen molar-refractivity contribution in [1.29, 1.82) is 0 Å². The second kappa shape index (κ2) is 23.7. The van der Waals surface area contributed by atoms with E-state index in [1.54, 1.807) is 14.1 Å². The summed E-state index contributed by atoms with van der Waals surface area (Å²) in [6.45, 7) is 23.4. The van der Waals surface area contributed by atoms with Crippen LogP contribution in [0.15, 0.2) is 60.7 Å². The van der Waals surface area contributed by atoms with E-state index in [0.717, 1.165) is 64.7 Å². The van der Waals surface area contributed by atoms with Crippen molar-refractivity contribution in [2.75, 3.05) is 79.7 Å². The topological polar surface area (TPSA) is 200 Å². The second-order valence-electron chi connectivity index (χ2n) is 22.5. The highest BCUT2D eigenvalue weighted by Crippen LogP contribution is 2.52. The Labute approximate surface area is 419 Å². The summed E-state index contributed by atoms with van der Waals surface area (Å²) >= 11 is 0. The number of nitrogens with one attached hydrogen (secondary N) is 4. The molecule has 4 aliphatic rings. The molecule has 0 aromatic heterocycles. The molecule has 4 heterocycles. The molecule has 10 atom stereocenters. The third kappa shape index (κ3) is 12.4. The van der Waals surface area contributed by atoms with Crippen LogP contribution in [0, 0.1) is 22.7 Å². The van der Waals surface area contributed by atoms with Crippen LogP contribution in [0.5, 0.6) is 0 Å². The smallest absolute Gasteiger partial charge is 0.252 e. The summed E-state index contributed by atoms with van der Waals surface area (Å²) in [5, 5.41) is 11.5. The van der Waals surface area contributed by atoms with Gasteiger partial charge in [0.25, 0.3) is 11.8 Å².